The molecule has 7 heteroatoms. The number of nitrogens with one attached hydrogen (secondary N) is 2. The van der Waals surface area contributed by atoms with E-state index in [0.29, 0.717) is 0 Å². The zero-order valence-corrected chi connectivity index (χ0v) is 13.9. The zero-order valence-electron chi connectivity index (χ0n) is 13.9. The van der Waals surface area contributed by atoms with Gasteiger partial charge in [0, 0.05) is 0 Å². The van der Waals surface area contributed by atoms with Crippen LogP contribution in [0.1, 0.15) is 34.6 Å². The van der Waals surface area contributed by atoms with E-state index in [9.17, 15) is 18.4 Å². The van der Waals surface area contributed by atoms with Gasteiger partial charge in [0.15, 0.2) is 0 Å². The summed E-state index contributed by atoms with van der Waals surface area (Å²) in [5.41, 5.74) is -1.27. The molecule has 1 aromatic carbocycles. The Morgan fingerprint density at radius 1 is 1.13 bits per heavy atom. The molecule has 0 aliphatic rings. The Balaban J connectivity index is 2.85. The minimum atomic E-state index is -0.996. The number of para-hydroxylation sites is 1. The highest BCUT2D eigenvalue weighted by atomic mass is 19.1. The lowest BCUT2D eigenvalue weighted by Crippen LogP contribution is -2.48. The number of ether oxygens (including phenoxy) is 1. The lowest BCUT2D eigenvalue weighted by molar-refractivity contribution is -0.119. The summed E-state index contributed by atoms with van der Waals surface area (Å²) in [7, 11) is 0. The average Bonchev–Trinajstić information content (AvgIpc) is 2.38. The third-order valence-corrected chi connectivity index (χ3v) is 2.83. The van der Waals surface area contributed by atoms with Gasteiger partial charge in [0.1, 0.15) is 29.0 Å². The van der Waals surface area contributed by atoms with Gasteiger partial charge in [0.25, 0.3) is 0 Å². The Labute approximate surface area is 134 Å². The summed E-state index contributed by atoms with van der Waals surface area (Å²) in [5.74, 6) is -2.82. The largest absolute Gasteiger partial charge is 0.444 e. The first-order chi connectivity index (χ1) is 10.5. The van der Waals surface area contributed by atoms with Crippen LogP contribution in [-0.2, 0) is 9.53 Å². The third-order valence-electron chi connectivity index (χ3n) is 2.83. The van der Waals surface area contributed by atoms with E-state index in [1.54, 1.807) is 34.6 Å². The molecular weight excluding hydrogens is 306 g/mol. The number of hydrogen-bond acceptors (Lipinski definition) is 3. The Morgan fingerprint density at radius 3 is 2.09 bits per heavy atom. The molecule has 0 aliphatic heterocycles. The van der Waals surface area contributed by atoms with E-state index in [-0.39, 0.29) is 5.92 Å². The second kappa shape index (κ2) is 7.39. The lowest BCUT2D eigenvalue weighted by Gasteiger charge is -2.25. The molecule has 2 N–H and O–H groups in total. The number of halogens is 2. The molecule has 0 saturated heterocycles. The molecule has 2 amide bonds. The number of benzene rings is 1. The minimum Gasteiger partial charge on any atom is -0.444 e. The van der Waals surface area contributed by atoms with Crippen LogP contribution in [0.15, 0.2) is 18.2 Å². The van der Waals surface area contributed by atoms with E-state index in [1.165, 1.54) is 6.07 Å². The molecule has 1 aromatic rings. The molecule has 0 aliphatic carbocycles. The number of carbonyl (C=O) groups excluding carboxylic acids is 2. The smallest absolute Gasteiger partial charge is 0.408 e. The van der Waals surface area contributed by atoms with Gasteiger partial charge in [-0.05, 0) is 38.8 Å². The summed E-state index contributed by atoms with van der Waals surface area (Å²) >= 11 is 0. The Kier molecular flexibility index (Phi) is 6.06. The van der Waals surface area contributed by atoms with E-state index in [2.05, 4.69) is 10.6 Å². The third kappa shape index (κ3) is 5.84. The molecule has 1 unspecified atom stereocenters. The molecule has 0 saturated carbocycles. The van der Waals surface area contributed by atoms with Gasteiger partial charge in [-0.25, -0.2) is 13.6 Å². The van der Waals surface area contributed by atoms with E-state index < -0.39 is 41.0 Å². The van der Waals surface area contributed by atoms with Crippen molar-refractivity contribution in [3.8, 4) is 0 Å². The second-order valence-electron chi connectivity index (χ2n) is 6.45. The first-order valence-electron chi connectivity index (χ1n) is 7.25. The maximum absolute atomic E-state index is 13.6. The second-order valence-corrected chi connectivity index (χ2v) is 6.45. The summed E-state index contributed by atoms with van der Waals surface area (Å²) in [6.07, 6.45) is -0.777. The van der Waals surface area contributed by atoms with Crippen LogP contribution in [0.5, 0.6) is 0 Å². The van der Waals surface area contributed by atoms with Crippen LogP contribution < -0.4 is 10.6 Å². The van der Waals surface area contributed by atoms with Crippen LogP contribution in [0.2, 0.25) is 0 Å². The molecule has 23 heavy (non-hydrogen) atoms. The van der Waals surface area contributed by atoms with Gasteiger partial charge in [-0.2, -0.15) is 0 Å². The van der Waals surface area contributed by atoms with Gasteiger partial charge in [0.05, 0.1) is 0 Å². The van der Waals surface area contributed by atoms with Crippen LogP contribution in [0, 0.1) is 17.6 Å². The van der Waals surface area contributed by atoms with Gasteiger partial charge < -0.3 is 15.4 Å². The maximum atomic E-state index is 13.6. The number of amides is 2. The summed E-state index contributed by atoms with van der Waals surface area (Å²) in [4.78, 5) is 24.0. The van der Waals surface area contributed by atoms with Crippen molar-refractivity contribution in [1.29, 1.82) is 0 Å². The van der Waals surface area contributed by atoms with Crippen molar-refractivity contribution in [1.82, 2.24) is 5.32 Å². The quantitative estimate of drug-likeness (QED) is 0.889. The summed E-state index contributed by atoms with van der Waals surface area (Å²) < 4.78 is 32.3. The van der Waals surface area contributed by atoms with Gasteiger partial charge >= 0.3 is 6.09 Å². The van der Waals surface area contributed by atoms with E-state index in [0.717, 1.165) is 12.1 Å². The fraction of sp³-hybridized carbons (Fsp3) is 0.500. The number of alkyl carbamates (subject to hydrolysis) is 1. The molecule has 0 bridgehead atoms. The highest BCUT2D eigenvalue weighted by Crippen LogP contribution is 2.19. The molecule has 5 nitrogen and oxygen atoms in total. The first-order valence-corrected chi connectivity index (χ1v) is 7.25. The predicted octanol–water partition coefficient (Wildman–Crippen LogP) is 3.45. The molecule has 0 fully saturated rings. The van der Waals surface area contributed by atoms with Gasteiger partial charge in [-0.3, -0.25) is 4.79 Å². The van der Waals surface area contributed by atoms with Crippen LogP contribution in [-0.4, -0.2) is 23.6 Å². The number of anilines is 1. The number of rotatable bonds is 4. The lowest BCUT2D eigenvalue weighted by atomic mass is 10.0. The van der Waals surface area contributed by atoms with Crippen molar-refractivity contribution < 1.29 is 23.1 Å². The van der Waals surface area contributed by atoms with E-state index >= 15 is 0 Å². The van der Waals surface area contributed by atoms with Crippen LogP contribution in [0.25, 0.3) is 0 Å². The SMILES string of the molecule is CC(C)C(NC(=O)OC(C)(C)C)C(=O)Nc1c(F)cccc1F. The highest BCUT2D eigenvalue weighted by molar-refractivity contribution is 5.96. The molecule has 0 aromatic heterocycles. The molecule has 0 radical (unpaired) electrons. The zero-order chi connectivity index (χ0) is 17.8. The summed E-state index contributed by atoms with van der Waals surface area (Å²) in [6.45, 7) is 8.45. The van der Waals surface area contributed by atoms with Gasteiger partial charge in [-0.15, -0.1) is 0 Å². The molecule has 1 atom stereocenters. The molecule has 0 heterocycles. The number of carbonyl (C=O) groups is 2. The van der Waals surface area contributed by atoms with E-state index in [4.69, 9.17) is 4.74 Å². The minimum absolute atomic E-state index is 0.308. The molecule has 0 spiro atoms. The van der Waals surface area contributed by atoms with Crippen LogP contribution in [0.3, 0.4) is 0 Å². The fourth-order valence-corrected chi connectivity index (χ4v) is 1.79. The van der Waals surface area contributed by atoms with Crippen molar-refractivity contribution in [2.75, 3.05) is 5.32 Å². The van der Waals surface area contributed by atoms with Crippen molar-refractivity contribution in [2.24, 2.45) is 5.92 Å². The summed E-state index contributed by atoms with van der Waals surface area (Å²) in [6, 6.07) is 2.26. The fourth-order valence-electron chi connectivity index (χ4n) is 1.79. The topological polar surface area (TPSA) is 67.4 Å². The Hall–Kier alpha value is -2.18. The van der Waals surface area contributed by atoms with Crippen molar-refractivity contribution in [2.45, 2.75) is 46.3 Å². The predicted molar refractivity (Wildman–Crippen MR) is 83.0 cm³/mol. The average molecular weight is 328 g/mol. The van der Waals surface area contributed by atoms with Crippen molar-refractivity contribution in [3.63, 3.8) is 0 Å². The monoisotopic (exact) mass is 328 g/mol. The van der Waals surface area contributed by atoms with E-state index in [1.807, 2.05) is 0 Å². The van der Waals surface area contributed by atoms with Crippen molar-refractivity contribution >= 4 is 17.7 Å². The highest BCUT2D eigenvalue weighted by Gasteiger charge is 2.28. The summed E-state index contributed by atoms with van der Waals surface area (Å²) in [5, 5.41) is 4.58. The van der Waals surface area contributed by atoms with Gasteiger partial charge in [-0.1, -0.05) is 19.9 Å². The maximum Gasteiger partial charge on any atom is 0.408 e. The normalized spacial score (nSPS) is 12.7. The standard InChI is InChI=1S/C16H22F2N2O3/c1-9(2)12(20-15(22)23-16(3,4)5)14(21)19-13-10(17)7-6-8-11(13)18/h6-9,12H,1-5H3,(H,19,21)(H,20,22). The molecular formula is C16H22F2N2O3. The van der Waals surface area contributed by atoms with Crippen molar-refractivity contribution in [3.05, 3.63) is 29.8 Å². The molecule has 1 rings (SSSR count). The number of hydrogen-bond donors (Lipinski definition) is 2. The Morgan fingerprint density at radius 2 is 1.65 bits per heavy atom. The molecule has 128 valence electrons. The Bertz CT molecular complexity index is 563. The van der Waals surface area contributed by atoms with Gasteiger partial charge in [0.2, 0.25) is 5.91 Å². The van der Waals surface area contributed by atoms with Crippen LogP contribution in [0.4, 0.5) is 19.3 Å². The first kappa shape index (κ1) is 18.9. The van der Waals surface area contributed by atoms with Crippen LogP contribution >= 0.6 is 0 Å².